The molecule has 2 saturated heterocycles. The molecule has 4 heteroatoms. The third-order valence-corrected chi connectivity index (χ3v) is 4.77. The Balaban J connectivity index is 1.49. The van der Waals surface area contributed by atoms with Gasteiger partial charge < -0.3 is 9.47 Å². The Hall–Kier alpha value is -0.835. The third kappa shape index (κ3) is 3.25. The molecule has 1 atom stereocenters. The lowest BCUT2D eigenvalue weighted by atomic mass is 9.89. The molecule has 3 nitrogen and oxygen atoms in total. The molecule has 1 aromatic carbocycles. The second-order valence-electron chi connectivity index (χ2n) is 6.00. The Morgan fingerprint density at radius 1 is 1.05 bits per heavy atom. The summed E-state index contributed by atoms with van der Waals surface area (Å²) in [5.74, 6) is 0.760. The standard InChI is InChI=1S/C16H24BN2O/c1-20-17-19-12-9-16(13-19)18-10-7-15(8-11-18)14-5-3-2-4-6-14/h2-6,15-16H,7-13H2,1H3. The highest BCUT2D eigenvalue weighted by atomic mass is 16.4. The van der Waals surface area contributed by atoms with Gasteiger partial charge in [-0.05, 0) is 50.4 Å². The van der Waals surface area contributed by atoms with Gasteiger partial charge in [-0.1, -0.05) is 30.3 Å². The minimum absolute atomic E-state index is 0.720. The van der Waals surface area contributed by atoms with Crippen molar-refractivity contribution >= 4 is 7.62 Å². The minimum atomic E-state index is 0.720. The zero-order chi connectivity index (χ0) is 13.8. The fraction of sp³-hybridized carbons (Fsp3) is 0.625. The van der Waals surface area contributed by atoms with E-state index in [4.69, 9.17) is 4.65 Å². The Kier molecular flexibility index (Phi) is 4.76. The lowest BCUT2D eigenvalue weighted by Gasteiger charge is -2.36. The fourth-order valence-electron chi connectivity index (χ4n) is 3.63. The molecule has 2 aliphatic heterocycles. The summed E-state index contributed by atoms with van der Waals surface area (Å²) in [7, 11) is 3.61. The van der Waals surface area contributed by atoms with Crippen LogP contribution in [0.1, 0.15) is 30.7 Å². The van der Waals surface area contributed by atoms with Crippen LogP contribution in [0, 0.1) is 0 Å². The van der Waals surface area contributed by atoms with Gasteiger partial charge in [0.2, 0.25) is 0 Å². The van der Waals surface area contributed by atoms with E-state index in [1.807, 2.05) is 7.62 Å². The minimum Gasteiger partial charge on any atom is -0.427 e. The summed E-state index contributed by atoms with van der Waals surface area (Å²) in [5, 5.41) is 0. The number of piperidine rings is 1. The number of hydrogen-bond acceptors (Lipinski definition) is 3. The summed E-state index contributed by atoms with van der Waals surface area (Å²) in [6.45, 7) is 4.75. The molecule has 0 N–H and O–H groups in total. The molecule has 3 rings (SSSR count). The second kappa shape index (κ2) is 6.75. The van der Waals surface area contributed by atoms with Crippen LogP contribution >= 0.6 is 0 Å². The van der Waals surface area contributed by atoms with E-state index in [0.717, 1.165) is 25.0 Å². The van der Waals surface area contributed by atoms with Crippen LogP contribution in [0.5, 0.6) is 0 Å². The quantitative estimate of drug-likeness (QED) is 0.780. The molecule has 107 valence electrons. The Labute approximate surface area is 123 Å². The first kappa shape index (κ1) is 14.1. The van der Waals surface area contributed by atoms with Crippen molar-refractivity contribution in [1.29, 1.82) is 0 Å². The average molecular weight is 271 g/mol. The first-order valence-corrected chi connectivity index (χ1v) is 7.76. The van der Waals surface area contributed by atoms with Crippen molar-refractivity contribution in [2.45, 2.75) is 31.2 Å². The maximum atomic E-state index is 5.12. The molecular formula is C16H24BN2O. The van der Waals surface area contributed by atoms with Crippen LogP contribution < -0.4 is 0 Å². The number of nitrogens with zero attached hydrogens (tertiary/aromatic N) is 2. The average Bonchev–Trinajstić information content (AvgIpc) is 2.97. The Morgan fingerprint density at radius 3 is 2.50 bits per heavy atom. The van der Waals surface area contributed by atoms with Crippen LogP contribution in [0.25, 0.3) is 0 Å². The highest BCUT2D eigenvalue weighted by Gasteiger charge is 2.30. The van der Waals surface area contributed by atoms with E-state index in [0.29, 0.717) is 0 Å². The molecule has 0 spiro atoms. The summed E-state index contributed by atoms with van der Waals surface area (Å²) in [4.78, 5) is 4.98. The summed E-state index contributed by atoms with van der Waals surface area (Å²) in [5.41, 5.74) is 1.52. The normalized spacial score (nSPS) is 25.9. The van der Waals surface area contributed by atoms with Crippen LogP contribution in [0.15, 0.2) is 30.3 Å². The van der Waals surface area contributed by atoms with E-state index in [1.54, 1.807) is 7.11 Å². The van der Waals surface area contributed by atoms with Gasteiger partial charge >= 0.3 is 7.62 Å². The van der Waals surface area contributed by atoms with Crippen molar-refractivity contribution in [3.8, 4) is 0 Å². The molecule has 1 unspecified atom stereocenters. The van der Waals surface area contributed by atoms with Crippen molar-refractivity contribution in [2.24, 2.45) is 0 Å². The summed E-state index contributed by atoms with van der Waals surface area (Å²) < 4.78 is 5.12. The second-order valence-corrected chi connectivity index (χ2v) is 6.00. The molecule has 0 amide bonds. The third-order valence-electron chi connectivity index (χ3n) is 4.77. The molecule has 2 heterocycles. The summed E-state index contributed by atoms with van der Waals surface area (Å²) >= 11 is 0. The van der Waals surface area contributed by atoms with Gasteiger partial charge in [-0.2, -0.15) is 0 Å². The zero-order valence-corrected chi connectivity index (χ0v) is 12.4. The van der Waals surface area contributed by atoms with Gasteiger partial charge in [0, 0.05) is 19.7 Å². The van der Waals surface area contributed by atoms with Crippen LogP contribution in [0.2, 0.25) is 0 Å². The smallest absolute Gasteiger partial charge is 0.398 e. The van der Waals surface area contributed by atoms with Gasteiger partial charge in [0.15, 0.2) is 0 Å². The van der Waals surface area contributed by atoms with Gasteiger partial charge in [-0.25, -0.2) is 0 Å². The maximum Gasteiger partial charge on any atom is 0.398 e. The molecule has 1 radical (unpaired) electrons. The topological polar surface area (TPSA) is 15.7 Å². The first-order valence-electron chi connectivity index (χ1n) is 7.76. The van der Waals surface area contributed by atoms with Gasteiger partial charge in [-0.15, -0.1) is 0 Å². The summed E-state index contributed by atoms with van der Waals surface area (Å²) in [6.07, 6.45) is 3.87. The van der Waals surface area contributed by atoms with Crippen molar-refractivity contribution < 1.29 is 4.65 Å². The molecule has 0 aromatic heterocycles. The van der Waals surface area contributed by atoms with Crippen molar-refractivity contribution in [1.82, 2.24) is 9.71 Å². The van der Waals surface area contributed by atoms with Gasteiger partial charge in [-0.3, -0.25) is 4.90 Å². The van der Waals surface area contributed by atoms with E-state index < -0.39 is 0 Å². The number of likely N-dealkylation sites (tertiary alicyclic amines) is 1. The van der Waals surface area contributed by atoms with Gasteiger partial charge in [0.1, 0.15) is 0 Å². The Bertz CT molecular complexity index is 406. The molecule has 2 fully saturated rings. The van der Waals surface area contributed by atoms with E-state index >= 15 is 0 Å². The van der Waals surface area contributed by atoms with Crippen molar-refractivity contribution in [3.63, 3.8) is 0 Å². The van der Waals surface area contributed by atoms with E-state index in [2.05, 4.69) is 40.0 Å². The Morgan fingerprint density at radius 2 is 1.80 bits per heavy atom. The zero-order valence-electron chi connectivity index (χ0n) is 12.4. The van der Waals surface area contributed by atoms with E-state index in [-0.39, 0.29) is 0 Å². The predicted molar refractivity (Wildman–Crippen MR) is 82.7 cm³/mol. The molecule has 1 aromatic rings. The highest BCUT2D eigenvalue weighted by molar-refractivity contribution is 6.23. The predicted octanol–water partition coefficient (Wildman–Crippen LogP) is 2.12. The molecule has 0 bridgehead atoms. The lowest BCUT2D eigenvalue weighted by Crippen LogP contribution is -2.42. The lowest BCUT2D eigenvalue weighted by molar-refractivity contribution is 0.157. The fourth-order valence-corrected chi connectivity index (χ4v) is 3.63. The SMILES string of the molecule is CO[B]N1CCC(N2CCC(c3ccccc3)CC2)C1. The van der Waals surface area contributed by atoms with E-state index in [1.165, 1.54) is 37.9 Å². The van der Waals surface area contributed by atoms with E-state index in [9.17, 15) is 0 Å². The number of hydrogen-bond donors (Lipinski definition) is 0. The number of rotatable bonds is 4. The van der Waals surface area contributed by atoms with Crippen LogP contribution in [0.3, 0.4) is 0 Å². The monoisotopic (exact) mass is 271 g/mol. The molecule has 0 saturated carbocycles. The van der Waals surface area contributed by atoms with Crippen LogP contribution in [-0.4, -0.2) is 56.7 Å². The summed E-state index contributed by atoms with van der Waals surface area (Å²) in [6, 6.07) is 11.7. The highest BCUT2D eigenvalue weighted by Crippen LogP contribution is 2.30. The molecule has 20 heavy (non-hydrogen) atoms. The number of benzene rings is 1. The van der Waals surface area contributed by atoms with Gasteiger partial charge in [0.25, 0.3) is 0 Å². The van der Waals surface area contributed by atoms with Crippen molar-refractivity contribution in [2.75, 3.05) is 33.3 Å². The van der Waals surface area contributed by atoms with Gasteiger partial charge in [0.05, 0.1) is 0 Å². The van der Waals surface area contributed by atoms with Crippen LogP contribution in [-0.2, 0) is 4.65 Å². The largest absolute Gasteiger partial charge is 0.427 e. The first-order chi connectivity index (χ1) is 9.86. The van der Waals surface area contributed by atoms with Crippen molar-refractivity contribution in [3.05, 3.63) is 35.9 Å². The molecule has 0 aliphatic carbocycles. The maximum absolute atomic E-state index is 5.12. The molecule has 2 aliphatic rings. The van der Waals surface area contributed by atoms with Crippen LogP contribution in [0.4, 0.5) is 0 Å². The molecular weight excluding hydrogens is 247 g/mol.